The summed E-state index contributed by atoms with van der Waals surface area (Å²) in [5.74, 6) is -0.165. The summed E-state index contributed by atoms with van der Waals surface area (Å²) in [6.07, 6.45) is 1.44. The van der Waals surface area contributed by atoms with Gasteiger partial charge in [0.05, 0.1) is 18.8 Å². The van der Waals surface area contributed by atoms with Crippen molar-refractivity contribution in [1.82, 2.24) is 14.9 Å². The van der Waals surface area contributed by atoms with Crippen LogP contribution in [0.5, 0.6) is 0 Å². The Balaban J connectivity index is 2.47. The number of aromatic nitrogens is 2. The summed E-state index contributed by atoms with van der Waals surface area (Å²) in [4.78, 5) is 12.0. The van der Waals surface area contributed by atoms with Crippen LogP contribution in [0.15, 0.2) is 6.20 Å². The molecule has 0 radical (unpaired) electrons. The Labute approximate surface area is 94.1 Å². The van der Waals surface area contributed by atoms with Crippen LogP contribution in [-0.4, -0.2) is 40.6 Å². The summed E-state index contributed by atoms with van der Waals surface area (Å²) in [5, 5.41) is 7.03. The first-order valence-corrected chi connectivity index (χ1v) is 5.80. The van der Waals surface area contributed by atoms with Gasteiger partial charge in [0.2, 0.25) is 0 Å². The van der Waals surface area contributed by atoms with Gasteiger partial charge in [0.1, 0.15) is 4.88 Å². The fourth-order valence-corrected chi connectivity index (χ4v) is 1.62. The molecular formula is C7H10BrN3O2S. The van der Waals surface area contributed by atoms with Crippen LogP contribution in [0.4, 0.5) is 0 Å². The molecule has 1 heterocycles. The van der Waals surface area contributed by atoms with Gasteiger partial charge in [-0.3, -0.25) is 4.79 Å². The maximum absolute atomic E-state index is 11.5. The number of nitrogens with one attached hydrogen (secondary N) is 1. The van der Waals surface area contributed by atoms with Crippen molar-refractivity contribution in [3.05, 3.63) is 11.1 Å². The highest BCUT2D eigenvalue weighted by Gasteiger charge is 2.13. The van der Waals surface area contributed by atoms with Gasteiger partial charge < -0.3 is 10.1 Å². The fraction of sp³-hybridized carbons (Fsp3) is 0.571. The molecule has 0 aliphatic carbocycles. The van der Waals surface area contributed by atoms with Gasteiger partial charge in [-0.05, 0) is 11.5 Å². The highest BCUT2D eigenvalue weighted by Crippen LogP contribution is 2.02. The van der Waals surface area contributed by atoms with Gasteiger partial charge in [0.25, 0.3) is 5.91 Å². The smallest absolute Gasteiger partial charge is 0.264 e. The Morgan fingerprint density at radius 2 is 2.64 bits per heavy atom. The molecule has 0 fully saturated rings. The van der Waals surface area contributed by atoms with Crippen molar-refractivity contribution in [2.75, 3.05) is 19.0 Å². The van der Waals surface area contributed by atoms with E-state index in [4.69, 9.17) is 4.74 Å². The molecule has 1 aromatic rings. The van der Waals surface area contributed by atoms with E-state index < -0.39 is 0 Å². The summed E-state index contributed by atoms with van der Waals surface area (Å²) in [7, 11) is 1.59. The van der Waals surface area contributed by atoms with E-state index in [1.54, 1.807) is 7.11 Å². The topological polar surface area (TPSA) is 64.1 Å². The van der Waals surface area contributed by atoms with Gasteiger partial charge >= 0.3 is 0 Å². The van der Waals surface area contributed by atoms with Gasteiger partial charge in [-0.25, -0.2) is 0 Å². The molecule has 1 aromatic heterocycles. The Hall–Kier alpha value is -0.530. The lowest BCUT2D eigenvalue weighted by atomic mass is 10.3. The lowest BCUT2D eigenvalue weighted by molar-refractivity contribution is 0.0912. The Bertz CT molecular complexity index is 280. The third-order valence-corrected chi connectivity index (χ3v) is 2.92. The molecule has 7 heteroatoms. The van der Waals surface area contributed by atoms with Crippen LogP contribution >= 0.6 is 27.5 Å². The highest BCUT2D eigenvalue weighted by molar-refractivity contribution is 9.09. The molecule has 0 saturated heterocycles. The summed E-state index contributed by atoms with van der Waals surface area (Å²) < 4.78 is 8.55. The molecule has 0 spiro atoms. The molecular weight excluding hydrogens is 270 g/mol. The number of methoxy groups -OCH3 is 1. The number of ether oxygens (including phenoxy) is 1. The van der Waals surface area contributed by atoms with E-state index in [2.05, 4.69) is 30.8 Å². The highest BCUT2D eigenvalue weighted by atomic mass is 79.9. The van der Waals surface area contributed by atoms with Gasteiger partial charge in [0, 0.05) is 12.4 Å². The average Bonchev–Trinajstić information content (AvgIpc) is 2.69. The molecule has 1 rings (SSSR count). The monoisotopic (exact) mass is 279 g/mol. The maximum atomic E-state index is 11.5. The van der Waals surface area contributed by atoms with Crippen LogP contribution in [0.2, 0.25) is 0 Å². The van der Waals surface area contributed by atoms with E-state index in [1.807, 2.05) is 0 Å². The SMILES string of the molecule is COCC(CBr)NC(=O)c1cnns1. The summed E-state index contributed by atoms with van der Waals surface area (Å²) in [5.41, 5.74) is 0. The van der Waals surface area contributed by atoms with Gasteiger partial charge in [-0.1, -0.05) is 20.4 Å². The number of hydrogen-bond acceptors (Lipinski definition) is 5. The van der Waals surface area contributed by atoms with Crippen LogP contribution in [0.25, 0.3) is 0 Å². The van der Waals surface area contributed by atoms with Crippen molar-refractivity contribution in [2.24, 2.45) is 0 Å². The molecule has 78 valence electrons. The number of carbonyl (C=O) groups is 1. The number of amides is 1. The molecule has 0 aliphatic rings. The first kappa shape index (κ1) is 11.5. The van der Waals surface area contributed by atoms with Gasteiger partial charge in [0.15, 0.2) is 0 Å². The maximum Gasteiger partial charge on any atom is 0.264 e. The fourth-order valence-electron chi connectivity index (χ4n) is 0.850. The van der Waals surface area contributed by atoms with Crippen LogP contribution in [0.3, 0.4) is 0 Å². The molecule has 0 saturated carbocycles. The predicted molar refractivity (Wildman–Crippen MR) is 56.8 cm³/mol. The normalized spacial score (nSPS) is 12.4. The minimum absolute atomic E-state index is 0.0328. The predicted octanol–water partition coefficient (Wildman–Crippen LogP) is 0.678. The molecule has 0 aromatic carbocycles. The molecule has 1 atom stereocenters. The Morgan fingerprint density at radius 3 is 3.14 bits per heavy atom. The molecule has 0 bridgehead atoms. The van der Waals surface area contributed by atoms with E-state index in [0.717, 1.165) is 11.5 Å². The average molecular weight is 280 g/mol. The van der Waals surface area contributed by atoms with Crippen molar-refractivity contribution in [1.29, 1.82) is 0 Å². The number of rotatable bonds is 5. The van der Waals surface area contributed by atoms with E-state index in [0.29, 0.717) is 16.8 Å². The Morgan fingerprint density at radius 1 is 1.86 bits per heavy atom. The zero-order valence-corrected chi connectivity index (χ0v) is 9.97. The molecule has 1 unspecified atom stereocenters. The number of alkyl halides is 1. The van der Waals surface area contributed by atoms with Gasteiger partial charge in [-0.2, -0.15) is 0 Å². The van der Waals surface area contributed by atoms with Crippen LogP contribution in [0, 0.1) is 0 Å². The minimum atomic E-state index is -0.165. The van der Waals surface area contributed by atoms with Crippen LogP contribution in [0.1, 0.15) is 9.67 Å². The van der Waals surface area contributed by atoms with Crippen molar-refractivity contribution in [3.8, 4) is 0 Å². The molecule has 5 nitrogen and oxygen atoms in total. The second-order valence-electron chi connectivity index (χ2n) is 2.56. The largest absolute Gasteiger partial charge is 0.383 e. The molecule has 1 N–H and O–H groups in total. The molecule has 14 heavy (non-hydrogen) atoms. The van der Waals surface area contributed by atoms with Crippen LogP contribution < -0.4 is 5.32 Å². The Kier molecular flexibility index (Phi) is 4.99. The summed E-state index contributed by atoms with van der Waals surface area (Å²) in [6, 6.07) is -0.0328. The number of halogens is 1. The van der Waals surface area contributed by atoms with Gasteiger partial charge in [-0.15, -0.1) is 5.10 Å². The van der Waals surface area contributed by atoms with E-state index in [-0.39, 0.29) is 11.9 Å². The van der Waals surface area contributed by atoms with E-state index in [9.17, 15) is 4.79 Å². The first-order chi connectivity index (χ1) is 6.77. The second-order valence-corrected chi connectivity index (χ2v) is 3.99. The van der Waals surface area contributed by atoms with E-state index in [1.165, 1.54) is 6.20 Å². The zero-order chi connectivity index (χ0) is 10.4. The standard InChI is InChI=1S/C7H10BrN3O2S/c1-13-4-5(2-8)10-7(12)6-3-9-11-14-6/h3,5H,2,4H2,1H3,(H,10,12). The lowest BCUT2D eigenvalue weighted by Crippen LogP contribution is -2.38. The third-order valence-electron chi connectivity index (χ3n) is 1.47. The van der Waals surface area contributed by atoms with Crippen molar-refractivity contribution < 1.29 is 9.53 Å². The minimum Gasteiger partial charge on any atom is -0.383 e. The molecule has 1 amide bonds. The van der Waals surface area contributed by atoms with E-state index >= 15 is 0 Å². The van der Waals surface area contributed by atoms with Crippen molar-refractivity contribution >= 4 is 33.4 Å². The van der Waals surface area contributed by atoms with Crippen molar-refractivity contribution in [2.45, 2.75) is 6.04 Å². The van der Waals surface area contributed by atoms with Crippen LogP contribution in [-0.2, 0) is 4.74 Å². The summed E-state index contributed by atoms with van der Waals surface area (Å²) in [6.45, 7) is 0.475. The van der Waals surface area contributed by atoms with Crippen molar-refractivity contribution in [3.63, 3.8) is 0 Å². The number of hydrogen-bond donors (Lipinski definition) is 1. The quantitative estimate of drug-likeness (QED) is 0.805. The third kappa shape index (κ3) is 3.32. The number of carbonyl (C=O) groups excluding carboxylic acids is 1. The summed E-state index contributed by atoms with van der Waals surface area (Å²) >= 11 is 4.36. The zero-order valence-electron chi connectivity index (χ0n) is 7.57. The first-order valence-electron chi connectivity index (χ1n) is 3.91. The second kappa shape index (κ2) is 6.05. The molecule has 0 aliphatic heterocycles. The number of nitrogens with zero attached hydrogens (tertiary/aromatic N) is 2. The lowest BCUT2D eigenvalue weighted by Gasteiger charge is -2.13.